The van der Waals surface area contributed by atoms with Crippen LogP contribution < -0.4 is 16.4 Å². The summed E-state index contributed by atoms with van der Waals surface area (Å²) >= 11 is 0.909. The second-order valence-corrected chi connectivity index (χ2v) is 7.32. The molecule has 0 unspecified atom stereocenters. The van der Waals surface area contributed by atoms with E-state index in [0.29, 0.717) is 5.69 Å². The van der Waals surface area contributed by atoms with Crippen molar-refractivity contribution in [1.29, 1.82) is 0 Å². The molecule has 164 valence electrons. The Balaban J connectivity index is 1.48. The zero-order valence-electron chi connectivity index (χ0n) is 16.4. The zero-order valence-corrected chi connectivity index (χ0v) is 17.2. The monoisotopic (exact) mass is 455 g/mol. The molecule has 13 heteroatoms. The van der Waals surface area contributed by atoms with Crippen molar-refractivity contribution in [3.05, 3.63) is 70.8 Å². The summed E-state index contributed by atoms with van der Waals surface area (Å²) in [5.41, 5.74) is 6.10. The lowest BCUT2D eigenvalue weighted by molar-refractivity contribution is -0.387. The lowest BCUT2D eigenvalue weighted by Crippen LogP contribution is -2.33. The van der Waals surface area contributed by atoms with Crippen molar-refractivity contribution >= 4 is 40.9 Å². The highest BCUT2D eigenvalue weighted by molar-refractivity contribution is 8.00. The summed E-state index contributed by atoms with van der Waals surface area (Å²) in [5, 5.41) is 20.3. The maximum Gasteiger partial charge on any atom is 0.283 e. The largest absolute Gasteiger partial charge is 0.366 e. The number of nitrogens with zero attached hydrogens (tertiary/aromatic N) is 4. The number of benzene rings is 2. The van der Waals surface area contributed by atoms with Crippen molar-refractivity contribution in [2.24, 2.45) is 5.73 Å². The summed E-state index contributed by atoms with van der Waals surface area (Å²) in [6.45, 7) is -0.271. The van der Waals surface area contributed by atoms with Gasteiger partial charge in [-0.3, -0.25) is 24.5 Å². The van der Waals surface area contributed by atoms with Gasteiger partial charge >= 0.3 is 0 Å². The average molecular weight is 455 g/mol. The van der Waals surface area contributed by atoms with Gasteiger partial charge in [0.05, 0.1) is 27.8 Å². The summed E-state index contributed by atoms with van der Waals surface area (Å²) in [5.74, 6) is -1.87. The van der Waals surface area contributed by atoms with Gasteiger partial charge in [-0.2, -0.15) is 5.10 Å². The van der Waals surface area contributed by atoms with E-state index in [-0.39, 0.29) is 28.4 Å². The number of carbonyl (C=O) groups excluding carboxylic acids is 3. The minimum absolute atomic E-state index is 0.00325. The molecule has 0 saturated heterocycles. The number of rotatable bonds is 9. The number of primary amides is 1. The Morgan fingerprint density at radius 2 is 1.88 bits per heavy atom. The first-order valence-electron chi connectivity index (χ1n) is 9.06. The van der Waals surface area contributed by atoms with Gasteiger partial charge in [0.15, 0.2) is 0 Å². The molecule has 3 aromatic rings. The normalized spacial score (nSPS) is 10.4. The average Bonchev–Trinajstić information content (AvgIpc) is 3.31. The van der Waals surface area contributed by atoms with E-state index >= 15 is 0 Å². The summed E-state index contributed by atoms with van der Waals surface area (Å²) < 4.78 is 1.56. The molecule has 32 heavy (non-hydrogen) atoms. The van der Waals surface area contributed by atoms with Gasteiger partial charge in [0, 0.05) is 17.3 Å². The third kappa shape index (κ3) is 5.89. The fourth-order valence-electron chi connectivity index (χ4n) is 2.55. The van der Waals surface area contributed by atoms with Gasteiger partial charge < -0.3 is 16.4 Å². The molecule has 0 radical (unpaired) electrons. The van der Waals surface area contributed by atoms with E-state index in [1.165, 1.54) is 18.5 Å². The fourth-order valence-corrected chi connectivity index (χ4v) is 3.39. The molecule has 0 bridgehead atoms. The molecule has 0 fully saturated rings. The van der Waals surface area contributed by atoms with Crippen molar-refractivity contribution in [1.82, 2.24) is 20.1 Å². The number of nitrogens with one attached hydrogen (secondary N) is 2. The van der Waals surface area contributed by atoms with E-state index in [2.05, 4.69) is 20.7 Å². The number of hydrogen-bond acceptors (Lipinski definition) is 8. The molecule has 12 nitrogen and oxygen atoms in total. The topological polar surface area (TPSA) is 175 Å². The third-order valence-corrected chi connectivity index (χ3v) is 5.14. The van der Waals surface area contributed by atoms with E-state index in [1.807, 2.05) is 0 Å². The minimum atomic E-state index is -0.790. The van der Waals surface area contributed by atoms with Crippen LogP contribution in [0.3, 0.4) is 0 Å². The lowest BCUT2D eigenvalue weighted by atomic mass is 10.2. The van der Waals surface area contributed by atoms with Crippen LogP contribution in [0.25, 0.3) is 5.69 Å². The summed E-state index contributed by atoms with van der Waals surface area (Å²) in [6, 6.07) is 10.6. The second kappa shape index (κ2) is 10.2. The maximum absolute atomic E-state index is 12.1. The highest BCUT2D eigenvalue weighted by Crippen LogP contribution is 2.29. The van der Waals surface area contributed by atoms with Gasteiger partial charge in [0.2, 0.25) is 17.7 Å². The van der Waals surface area contributed by atoms with Gasteiger partial charge in [-0.25, -0.2) is 9.67 Å². The molecule has 3 amide bonds. The maximum atomic E-state index is 12.1. The van der Waals surface area contributed by atoms with Crippen LogP contribution in [0.15, 0.2) is 60.0 Å². The number of hydrogen-bond donors (Lipinski definition) is 3. The standard InChI is InChI=1S/C19H17N7O5S/c20-19(29)12-1-6-16(15(7-12)26(30)31)32-9-18(28)22-8-17(27)24-13-2-4-14(5-3-13)25-11-21-10-23-25/h1-7,10-11H,8-9H2,(H2,20,29)(H,22,28)(H,24,27). The van der Waals surface area contributed by atoms with Crippen molar-refractivity contribution in [2.45, 2.75) is 4.90 Å². The molecule has 0 aliphatic heterocycles. The number of aromatic nitrogens is 3. The number of amides is 3. The van der Waals surface area contributed by atoms with Crippen LogP contribution in [0.4, 0.5) is 11.4 Å². The molecular weight excluding hydrogens is 438 g/mol. The molecule has 2 aromatic carbocycles. The Kier molecular flexibility index (Phi) is 7.13. The van der Waals surface area contributed by atoms with Crippen LogP contribution in [0.2, 0.25) is 0 Å². The van der Waals surface area contributed by atoms with Crippen molar-refractivity contribution in [2.75, 3.05) is 17.6 Å². The Bertz CT molecular complexity index is 1150. The Morgan fingerprint density at radius 1 is 1.12 bits per heavy atom. The number of anilines is 1. The van der Waals surface area contributed by atoms with Gasteiger partial charge in [-0.1, -0.05) is 0 Å². The van der Waals surface area contributed by atoms with Crippen LogP contribution in [0.1, 0.15) is 10.4 Å². The summed E-state index contributed by atoms with van der Waals surface area (Å²) in [6.07, 6.45) is 2.95. The third-order valence-electron chi connectivity index (χ3n) is 4.08. The van der Waals surface area contributed by atoms with Crippen LogP contribution in [-0.2, 0) is 9.59 Å². The number of nitro benzene ring substituents is 1. The number of nitro groups is 1. The quantitative estimate of drug-likeness (QED) is 0.244. The molecule has 0 saturated carbocycles. The van der Waals surface area contributed by atoms with Gasteiger partial charge in [-0.05, 0) is 36.4 Å². The van der Waals surface area contributed by atoms with Crippen LogP contribution >= 0.6 is 11.8 Å². The summed E-state index contributed by atoms with van der Waals surface area (Å²) in [4.78, 5) is 49.9. The highest BCUT2D eigenvalue weighted by atomic mass is 32.2. The van der Waals surface area contributed by atoms with E-state index in [0.717, 1.165) is 23.5 Å². The Hall–Kier alpha value is -4.26. The molecule has 4 N–H and O–H groups in total. The smallest absolute Gasteiger partial charge is 0.283 e. The predicted molar refractivity (Wildman–Crippen MR) is 115 cm³/mol. The van der Waals surface area contributed by atoms with Gasteiger partial charge in [0.1, 0.15) is 12.7 Å². The zero-order chi connectivity index (χ0) is 23.1. The van der Waals surface area contributed by atoms with Crippen LogP contribution in [0, 0.1) is 10.1 Å². The molecule has 0 atom stereocenters. The highest BCUT2D eigenvalue weighted by Gasteiger charge is 2.18. The molecule has 1 heterocycles. The van der Waals surface area contributed by atoms with Crippen molar-refractivity contribution in [3.8, 4) is 5.69 Å². The molecule has 0 aliphatic rings. The Morgan fingerprint density at radius 3 is 2.50 bits per heavy atom. The molecular formula is C19H17N7O5S. The lowest BCUT2D eigenvalue weighted by Gasteiger charge is -2.08. The SMILES string of the molecule is NC(=O)c1ccc(SCC(=O)NCC(=O)Nc2ccc(-n3cncn3)cc2)c([N+](=O)[O-])c1. The number of nitrogens with two attached hydrogens (primary N) is 1. The van der Waals surface area contributed by atoms with Crippen LogP contribution in [0.5, 0.6) is 0 Å². The minimum Gasteiger partial charge on any atom is -0.366 e. The molecule has 1 aromatic heterocycles. The van der Waals surface area contributed by atoms with E-state index in [9.17, 15) is 24.5 Å². The second-order valence-electron chi connectivity index (χ2n) is 6.30. The van der Waals surface area contributed by atoms with Crippen LogP contribution in [-0.4, -0.2) is 49.7 Å². The summed E-state index contributed by atoms with van der Waals surface area (Å²) in [7, 11) is 0. The number of thioether (sulfide) groups is 1. The van der Waals surface area contributed by atoms with Crippen molar-refractivity contribution < 1.29 is 19.3 Å². The molecule has 0 aliphatic carbocycles. The van der Waals surface area contributed by atoms with Gasteiger partial charge in [0.25, 0.3) is 5.69 Å². The van der Waals surface area contributed by atoms with E-state index in [4.69, 9.17) is 5.73 Å². The van der Waals surface area contributed by atoms with Crippen molar-refractivity contribution in [3.63, 3.8) is 0 Å². The van der Waals surface area contributed by atoms with E-state index < -0.39 is 22.6 Å². The molecule has 3 rings (SSSR count). The first kappa shape index (κ1) is 22.4. The molecule has 0 spiro atoms. The fraction of sp³-hybridized carbons (Fsp3) is 0.105. The first-order valence-corrected chi connectivity index (χ1v) is 10.0. The number of carbonyl (C=O) groups is 3. The first-order chi connectivity index (χ1) is 15.3. The Labute approximate surface area is 185 Å². The predicted octanol–water partition coefficient (Wildman–Crippen LogP) is 1.12. The van der Waals surface area contributed by atoms with Gasteiger partial charge in [-0.15, -0.1) is 11.8 Å². The van der Waals surface area contributed by atoms with E-state index in [1.54, 1.807) is 35.3 Å².